The van der Waals surface area contributed by atoms with Crippen molar-refractivity contribution in [1.29, 1.82) is 0 Å². The summed E-state index contributed by atoms with van der Waals surface area (Å²) in [5.41, 5.74) is 9.84. The number of imidazole rings is 1. The zero-order valence-electron chi connectivity index (χ0n) is 18.8. The molecule has 0 aliphatic rings. The Balaban J connectivity index is 1.46. The molecule has 0 fully saturated rings. The van der Waals surface area contributed by atoms with E-state index in [2.05, 4.69) is 15.3 Å². The van der Waals surface area contributed by atoms with Crippen molar-refractivity contribution in [2.24, 2.45) is 5.73 Å². The third kappa shape index (κ3) is 4.96. The zero-order chi connectivity index (χ0) is 24.2. The highest BCUT2D eigenvalue weighted by molar-refractivity contribution is 5.99. The van der Waals surface area contributed by atoms with E-state index in [4.69, 9.17) is 10.5 Å². The van der Waals surface area contributed by atoms with Crippen molar-refractivity contribution in [2.75, 3.05) is 5.32 Å². The number of fused-ring (bicyclic) bond motifs is 1. The Labute approximate surface area is 196 Å². The second-order valence-corrected chi connectivity index (χ2v) is 7.92. The summed E-state index contributed by atoms with van der Waals surface area (Å²) in [5.74, 6) is -0.932. The van der Waals surface area contributed by atoms with Crippen LogP contribution in [0.3, 0.4) is 0 Å². The van der Waals surface area contributed by atoms with Crippen molar-refractivity contribution >= 4 is 34.5 Å². The van der Waals surface area contributed by atoms with Gasteiger partial charge in [0.15, 0.2) is 6.10 Å². The van der Waals surface area contributed by atoms with Crippen LogP contribution in [0.2, 0.25) is 0 Å². The van der Waals surface area contributed by atoms with Crippen LogP contribution in [0.15, 0.2) is 66.7 Å². The second-order valence-electron chi connectivity index (χ2n) is 7.92. The Bertz CT molecular complexity index is 1360. The molecule has 1 aromatic heterocycles. The standard InChI is InChI=1S/C26H24N4O4/c1-3-22(25(32)28-19-11-8-16(9-12-19)23(27)31)34-26(33)18-10-13-20-21(14-18)30-24(29-20)17-6-4-15(2)5-7-17/h4-14,22H,3H2,1-2H3,(H2,27,31)(H,28,32)(H,29,30). The lowest BCUT2D eigenvalue weighted by atomic mass is 10.1. The summed E-state index contributed by atoms with van der Waals surface area (Å²) in [6.07, 6.45) is -0.690. The number of carbonyl (C=O) groups excluding carboxylic acids is 3. The summed E-state index contributed by atoms with van der Waals surface area (Å²) < 4.78 is 5.48. The summed E-state index contributed by atoms with van der Waals surface area (Å²) in [5, 5.41) is 2.69. The largest absolute Gasteiger partial charge is 0.449 e. The number of aromatic amines is 1. The van der Waals surface area contributed by atoms with Gasteiger partial charge in [-0.25, -0.2) is 9.78 Å². The summed E-state index contributed by atoms with van der Waals surface area (Å²) in [7, 11) is 0. The van der Waals surface area contributed by atoms with Gasteiger partial charge in [-0.2, -0.15) is 0 Å². The van der Waals surface area contributed by atoms with E-state index < -0.39 is 23.9 Å². The number of H-pyrrole nitrogens is 1. The number of benzene rings is 3. The first-order valence-corrected chi connectivity index (χ1v) is 10.8. The molecule has 1 unspecified atom stereocenters. The number of hydrogen-bond donors (Lipinski definition) is 3. The number of nitrogens with zero attached hydrogens (tertiary/aromatic N) is 1. The normalized spacial score (nSPS) is 11.7. The minimum absolute atomic E-state index is 0.292. The monoisotopic (exact) mass is 456 g/mol. The third-order valence-electron chi connectivity index (χ3n) is 5.39. The van der Waals surface area contributed by atoms with Gasteiger partial charge in [0, 0.05) is 16.8 Å². The minimum atomic E-state index is -0.982. The van der Waals surface area contributed by atoms with E-state index in [9.17, 15) is 14.4 Å². The number of primary amides is 1. The van der Waals surface area contributed by atoms with E-state index in [0.29, 0.717) is 34.6 Å². The van der Waals surface area contributed by atoms with Crippen LogP contribution in [-0.4, -0.2) is 33.9 Å². The first kappa shape index (κ1) is 22.7. The molecule has 0 radical (unpaired) electrons. The summed E-state index contributed by atoms with van der Waals surface area (Å²) in [6, 6.07) is 19.1. The Morgan fingerprint density at radius 2 is 1.68 bits per heavy atom. The number of hydrogen-bond acceptors (Lipinski definition) is 5. The number of nitrogens with one attached hydrogen (secondary N) is 2. The van der Waals surface area contributed by atoms with E-state index in [1.165, 1.54) is 12.1 Å². The van der Waals surface area contributed by atoms with E-state index in [-0.39, 0.29) is 0 Å². The topological polar surface area (TPSA) is 127 Å². The van der Waals surface area contributed by atoms with E-state index in [1.54, 1.807) is 37.3 Å². The number of anilines is 1. The quantitative estimate of drug-likeness (QED) is 0.359. The fourth-order valence-corrected chi connectivity index (χ4v) is 3.44. The lowest BCUT2D eigenvalue weighted by Crippen LogP contribution is -2.32. The molecule has 0 aliphatic carbocycles. The first-order valence-electron chi connectivity index (χ1n) is 10.8. The Morgan fingerprint density at radius 1 is 1.00 bits per heavy atom. The number of esters is 1. The first-order chi connectivity index (χ1) is 16.3. The van der Waals surface area contributed by atoms with Gasteiger partial charge in [0.05, 0.1) is 16.6 Å². The highest BCUT2D eigenvalue weighted by Gasteiger charge is 2.22. The molecule has 4 N–H and O–H groups in total. The number of ether oxygens (including phenoxy) is 1. The molecule has 4 aromatic rings. The van der Waals surface area contributed by atoms with Gasteiger partial charge in [-0.05, 0) is 55.8 Å². The molecule has 0 aliphatic heterocycles. The number of amides is 2. The minimum Gasteiger partial charge on any atom is -0.449 e. The summed E-state index contributed by atoms with van der Waals surface area (Å²) in [4.78, 5) is 44.4. The van der Waals surface area contributed by atoms with Crippen molar-refractivity contribution in [1.82, 2.24) is 9.97 Å². The van der Waals surface area contributed by atoms with E-state index in [0.717, 1.165) is 16.6 Å². The molecule has 1 atom stereocenters. The van der Waals surface area contributed by atoms with Gasteiger partial charge in [0.1, 0.15) is 5.82 Å². The number of nitrogens with two attached hydrogens (primary N) is 1. The average molecular weight is 457 g/mol. The van der Waals surface area contributed by atoms with Crippen LogP contribution in [0.4, 0.5) is 5.69 Å². The van der Waals surface area contributed by atoms with Crippen molar-refractivity contribution in [3.8, 4) is 11.4 Å². The summed E-state index contributed by atoms with van der Waals surface area (Å²) >= 11 is 0. The number of aromatic nitrogens is 2. The smallest absolute Gasteiger partial charge is 0.338 e. The van der Waals surface area contributed by atoms with Crippen LogP contribution in [0, 0.1) is 6.92 Å². The Morgan fingerprint density at radius 3 is 2.32 bits per heavy atom. The van der Waals surface area contributed by atoms with Crippen molar-refractivity contribution in [2.45, 2.75) is 26.4 Å². The van der Waals surface area contributed by atoms with Crippen molar-refractivity contribution < 1.29 is 19.1 Å². The molecule has 34 heavy (non-hydrogen) atoms. The lowest BCUT2D eigenvalue weighted by Gasteiger charge is -2.16. The van der Waals surface area contributed by atoms with Gasteiger partial charge < -0.3 is 20.8 Å². The molecule has 0 saturated heterocycles. The van der Waals surface area contributed by atoms with Crippen LogP contribution in [0.1, 0.15) is 39.6 Å². The van der Waals surface area contributed by atoms with E-state index >= 15 is 0 Å². The zero-order valence-corrected chi connectivity index (χ0v) is 18.8. The number of carbonyl (C=O) groups is 3. The van der Waals surface area contributed by atoms with Crippen LogP contribution in [-0.2, 0) is 9.53 Å². The molecule has 8 heteroatoms. The van der Waals surface area contributed by atoms with E-state index in [1.807, 2.05) is 31.2 Å². The molecule has 4 rings (SSSR count). The molecule has 3 aromatic carbocycles. The SMILES string of the molecule is CCC(OC(=O)c1ccc2nc(-c3ccc(C)cc3)[nH]c2c1)C(=O)Nc1ccc(C(N)=O)cc1. The molecule has 8 nitrogen and oxygen atoms in total. The van der Waals surface area contributed by atoms with Crippen LogP contribution in [0.5, 0.6) is 0 Å². The molecule has 2 amide bonds. The maximum atomic E-state index is 12.8. The van der Waals surface area contributed by atoms with Gasteiger partial charge in [0.2, 0.25) is 5.91 Å². The Kier molecular flexibility index (Phi) is 6.40. The fourth-order valence-electron chi connectivity index (χ4n) is 3.44. The maximum Gasteiger partial charge on any atom is 0.338 e. The van der Waals surface area contributed by atoms with Gasteiger partial charge in [-0.3, -0.25) is 9.59 Å². The predicted molar refractivity (Wildman–Crippen MR) is 129 cm³/mol. The highest BCUT2D eigenvalue weighted by atomic mass is 16.5. The molecule has 0 bridgehead atoms. The van der Waals surface area contributed by atoms with Crippen LogP contribution >= 0.6 is 0 Å². The van der Waals surface area contributed by atoms with Crippen LogP contribution < -0.4 is 11.1 Å². The number of rotatable bonds is 7. The van der Waals surface area contributed by atoms with Gasteiger partial charge in [-0.1, -0.05) is 36.8 Å². The van der Waals surface area contributed by atoms with Gasteiger partial charge in [-0.15, -0.1) is 0 Å². The molecular formula is C26H24N4O4. The third-order valence-corrected chi connectivity index (χ3v) is 5.39. The van der Waals surface area contributed by atoms with Crippen molar-refractivity contribution in [3.05, 3.63) is 83.4 Å². The molecule has 1 heterocycles. The Hall–Kier alpha value is -4.46. The molecular weight excluding hydrogens is 432 g/mol. The lowest BCUT2D eigenvalue weighted by molar-refractivity contribution is -0.124. The van der Waals surface area contributed by atoms with Crippen LogP contribution in [0.25, 0.3) is 22.4 Å². The second kappa shape index (κ2) is 9.58. The maximum absolute atomic E-state index is 12.8. The number of aryl methyl sites for hydroxylation is 1. The summed E-state index contributed by atoms with van der Waals surface area (Å²) in [6.45, 7) is 3.77. The van der Waals surface area contributed by atoms with Gasteiger partial charge in [0.25, 0.3) is 5.91 Å². The van der Waals surface area contributed by atoms with Gasteiger partial charge >= 0.3 is 5.97 Å². The molecule has 0 spiro atoms. The molecule has 0 saturated carbocycles. The van der Waals surface area contributed by atoms with Crippen molar-refractivity contribution in [3.63, 3.8) is 0 Å². The average Bonchev–Trinajstić information content (AvgIpc) is 3.26. The fraction of sp³-hybridized carbons (Fsp3) is 0.154. The predicted octanol–water partition coefficient (Wildman–Crippen LogP) is 4.21. The highest BCUT2D eigenvalue weighted by Crippen LogP contribution is 2.22. The molecule has 172 valence electrons.